The number of unbranched alkanes of at least 4 members (excludes halogenated alkanes) is 14. The van der Waals surface area contributed by atoms with Gasteiger partial charge in [0.05, 0.1) is 37.9 Å². The van der Waals surface area contributed by atoms with Gasteiger partial charge in [0.15, 0.2) is 0 Å². The Labute approximate surface area is 293 Å². The highest BCUT2D eigenvalue weighted by Gasteiger charge is 2.27. The van der Waals surface area contributed by atoms with Gasteiger partial charge in [0, 0.05) is 6.54 Å². The maximum Gasteiger partial charge on any atom is 0.472 e. The minimum atomic E-state index is -4.41. The highest BCUT2D eigenvalue weighted by Crippen LogP contribution is 2.43. The number of hydrogen-bond donors (Lipinski definition) is 5. The smallest absolute Gasteiger partial charge is 0.393 e. The largest absolute Gasteiger partial charge is 0.472 e. The van der Waals surface area contributed by atoms with E-state index in [1.807, 2.05) is 6.08 Å². The second kappa shape index (κ2) is 33.9. The lowest BCUT2D eigenvalue weighted by Gasteiger charge is -2.24. The number of phosphoric acid groups is 1. The number of aliphatic hydroxyl groups excluding tert-OH is 2. The third-order valence-electron chi connectivity index (χ3n) is 7.91. The van der Waals surface area contributed by atoms with E-state index in [1.54, 1.807) is 6.08 Å². The first-order valence-corrected chi connectivity index (χ1v) is 20.3. The van der Waals surface area contributed by atoms with Crippen molar-refractivity contribution in [3.63, 3.8) is 0 Å². The summed E-state index contributed by atoms with van der Waals surface area (Å²) in [7, 11) is -4.41. The highest BCUT2D eigenvalue weighted by atomic mass is 31.2. The molecule has 0 aliphatic rings. The summed E-state index contributed by atoms with van der Waals surface area (Å²) in [5.74, 6) is -0.474. The summed E-state index contributed by atoms with van der Waals surface area (Å²) in [5, 5.41) is 23.8. The van der Waals surface area contributed by atoms with Gasteiger partial charge < -0.3 is 26.2 Å². The van der Waals surface area contributed by atoms with Gasteiger partial charge in [0.25, 0.3) is 0 Å². The van der Waals surface area contributed by atoms with Crippen LogP contribution in [-0.4, -0.2) is 59.0 Å². The van der Waals surface area contributed by atoms with Gasteiger partial charge in [-0.15, -0.1) is 0 Å². The molecule has 0 saturated carbocycles. The van der Waals surface area contributed by atoms with Gasteiger partial charge in [-0.1, -0.05) is 120 Å². The Morgan fingerprint density at radius 3 is 1.77 bits per heavy atom. The Kier molecular flexibility index (Phi) is 32.8. The molecule has 0 saturated heterocycles. The maximum atomic E-state index is 12.7. The summed E-state index contributed by atoms with van der Waals surface area (Å²) in [5.41, 5.74) is 5.34. The first kappa shape index (κ1) is 46.4. The topological polar surface area (TPSA) is 151 Å². The summed E-state index contributed by atoms with van der Waals surface area (Å²) >= 11 is 0. The fourth-order valence-electron chi connectivity index (χ4n) is 5.02. The van der Waals surface area contributed by atoms with Crippen LogP contribution in [-0.2, 0) is 18.4 Å². The summed E-state index contributed by atoms with van der Waals surface area (Å²) < 4.78 is 21.9. The molecule has 0 aromatic rings. The molecule has 1 amide bonds. The van der Waals surface area contributed by atoms with Crippen LogP contribution in [0.3, 0.4) is 0 Å². The molecule has 280 valence electrons. The predicted molar refractivity (Wildman–Crippen MR) is 200 cm³/mol. The first-order valence-electron chi connectivity index (χ1n) is 18.8. The molecule has 4 atom stereocenters. The molecule has 10 heteroatoms. The molecule has 9 nitrogen and oxygen atoms in total. The molecule has 0 fully saturated rings. The van der Waals surface area contributed by atoms with E-state index in [0.29, 0.717) is 12.8 Å². The number of phosphoric ester groups is 1. The van der Waals surface area contributed by atoms with Gasteiger partial charge in [-0.3, -0.25) is 13.8 Å². The number of amides is 1. The van der Waals surface area contributed by atoms with E-state index >= 15 is 0 Å². The minimum Gasteiger partial charge on any atom is -0.393 e. The zero-order valence-electron chi connectivity index (χ0n) is 30.3. The van der Waals surface area contributed by atoms with Crippen molar-refractivity contribution >= 4 is 13.7 Å². The Morgan fingerprint density at radius 1 is 0.708 bits per heavy atom. The molecule has 0 bridgehead atoms. The molecule has 0 spiro atoms. The van der Waals surface area contributed by atoms with Crippen LogP contribution in [0, 0.1) is 0 Å². The van der Waals surface area contributed by atoms with Crippen LogP contribution in [0.4, 0.5) is 0 Å². The Bertz CT molecular complexity index is 909. The number of carbonyl (C=O) groups is 1. The van der Waals surface area contributed by atoms with Crippen molar-refractivity contribution in [2.75, 3.05) is 19.8 Å². The normalized spacial score (nSPS) is 15.5. The zero-order valence-corrected chi connectivity index (χ0v) is 31.2. The molecule has 0 radical (unpaired) electrons. The number of hydrogen-bond acceptors (Lipinski definition) is 7. The van der Waals surface area contributed by atoms with Crippen molar-refractivity contribution in [2.45, 2.75) is 167 Å². The molecular weight excluding hydrogens is 627 g/mol. The van der Waals surface area contributed by atoms with E-state index in [-0.39, 0.29) is 19.6 Å². The second-order valence-corrected chi connectivity index (χ2v) is 14.0. The summed E-state index contributed by atoms with van der Waals surface area (Å²) in [6.45, 7) is 3.86. The molecule has 0 aliphatic carbocycles. The molecule has 0 aliphatic heterocycles. The third-order valence-corrected chi connectivity index (χ3v) is 8.89. The van der Waals surface area contributed by atoms with Gasteiger partial charge in [0.2, 0.25) is 5.91 Å². The number of nitrogens with one attached hydrogen (secondary N) is 1. The number of aliphatic hydroxyl groups is 2. The standard InChI is InChI=1S/C38H71N2O7P/c1-3-5-7-9-11-13-15-16-17-18-19-20-22-24-26-28-30-37(42)36(34-47-48(44,45)46-32-31-39)40-38(43)33-35(41)29-27-25-23-21-14-12-10-8-6-4-2/h12,14,16-17,20,22,28,30,35-37,41-42H,3-11,13,15,18-19,21,23-27,29,31-34,39H2,1-2H3,(H,40,43)(H,44,45)/b14-12-,17-16+,22-20+,30-28+. The monoisotopic (exact) mass is 698 g/mol. The van der Waals surface area contributed by atoms with Crippen molar-refractivity contribution in [3.05, 3.63) is 48.6 Å². The van der Waals surface area contributed by atoms with Gasteiger partial charge in [-0.2, -0.15) is 0 Å². The molecule has 48 heavy (non-hydrogen) atoms. The van der Waals surface area contributed by atoms with E-state index < -0.39 is 38.6 Å². The second-order valence-electron chi connectivity index (χ2n) is 12.6. The van der Waals surface area contributed by atoms with Crippen LogP contribution in [0.1, 0.15) is 149 Å². The lowest BCUT2D eigenvalue weighted by atomic mass is 10.1. The fourth-order valence-corrected chi connectivity index (χ4v) is 5.78. The lowest BCUT2D eigenvalue weighted by molar-refractivity contribution is -0.124. The zero-order chi connectivity index (χ0) is 35.6. The molecule has 0 aromatic heterocycles. The highest BCUT2D eigenvalue weighted by molar-refractivity contribution is 7.47. The number of nitrogens with two attached hydrogens (primary N) is 1. The Hall–Kier alpha value is -1.58. The molecule has 0 aromatic carbocycles. The minimum absolute atomic E-state index is 0.0392. The summed E-state index contributed by atoms with van der Waals surface area (Å²) in [6, 6.07) is -1.01. The average Bonchev–Trinajstić information content (AvgIpc) is 3.06. The van der Waals surface area contributed by atoms with Crippen LogP contribution in [0.2, 0.25) is 0 Å². The van der Waals surface area contributed by atoms with Crippen LogP contribution in [0.5, 0.6) is 0 Å². The molecule has 0 rings (SSSR count). The molecule has 4 unspecified atom stereocenters. The Balaban J connectivity index is 4.57. The van der Waals surface area contributed by atoms with Crippen molar-refractivity contribution < 1.29 is 33.5 Å². The van der Waals surface area contributed by atoms with Gasteiger partial charge >= 0.3 is 7.82 Å². The van der Waals surface area contributed by atoms with Gasteiger partial charge in [-0.25, -0.2) is 4.57 Å². The van der Waals surface area contributed by atoms with E-state index in [9.17, 15) is 24.5 Å². The predicted octanol–water partition coefficient (Wildman–Crippen LogP) is 8.74. The van der Waals surface area contributed by atoms with Crippen LogP contribution in [0.25, 0.3) is 0 Å². The van der Waals surface area contributed by atoms with Gasteiger partial charge in [0.1, 0.15) is 0 Å². The van der Waals surface area contributed by atoms with Crippen LogP contribution < -0.4 is 11.1 Å². The quantitative estimate of drug-likeness (QED) is 0.0254. The molecule has 0 heterocycles. The number of allylic oxidation sites excluding steroid dienone is 7. The fraction of sp³-hybridized carbons (Fsp3) is 0.763. The van der Waals surface area contributed by atoms with Crippen molar-refractivity contribution in [1.29, 1.82) is 0 Å². The average molecular weight is 699 g/mol. The number of carbonyl (C=O) groups excluding carboxylic acids is 1. The van der Waals surface area contributed by atoms with Crippen LogP contribution in [0.15, 0.2) is 48.6 Å². The molecular formula is C38H71N2O7P. The maximum absolute atomic E-state index is 12.7. The van der Waals surface area contributed by atoms with Crippen molar-refractivity contribution in [1.82, 2.24) is 5.32 Å². The van der Waals surface area contributed by atoms with Crippen molar-refractivity contribution in [3.8, 4) is 0 Å². The Morgan fingerprint density at radius 2 is 1.19 bits per heavy atom. The first-order chi connectivity index (χ1) is 23.3. The lowest BCUT2D eigenvalue weighted by Crippen LogP contribution is -2.46. The van der Waals surface area contributed by atoms with E-state index in [1.165, 1.54) is 57.8 Å². The van der Waals surface area contributed by atoms with E-state index in [0.717, 1.165) is 57.8 Å². The third kappa shape index (κ3) is 31.7. The number of rotatable bonds is 34. The van der Waals surface area contributed by atoms with E-state index in [4.69, 9.17) is 14.8 Å². The van der Waals surface area contributed by atoms with Crippen LogP contribution >= 0.6 is 7.82 Å². The summed E-state index contributed by atoms with van der Waals surface area (Å²) in [4.78, 5) is 22.6. The van der Waals surface area contributed by atoms with Crippen molar-refractivity contribution in [2.24, 2.45) is 5.73 Å². The molecule has 6 N–H and O–H groups in total. The summed E-state index contributed by atoms with van der Waals surface area (Å²) in [6.07, 6.45) is 36.3. The SMILES string of the molecule is CCCCC/C=C\CCCCCC(O)CC(=O)NC(COP(=O)(O)OCCN)C(O)/C=C/CC/C=C/CC/C=C/CCCCCCCC. The van der Waals surface area contributed by atoms with Gasteiger partial charge in [-0.05, 0) is 70.6 Å². The van der Waals surface area contributed by atoms with E-state index in [2.05, 4.69) is 55.6 Å².